The Balaban J connectivity index is 2.02. The van der Waals surface area contributed by atoms with Gasteiger partial charge in [-0.05, 0) is 32.4 Å². The topological polar surface area (TPSA) is 29.9 Å². The van der Waals surface area contributed by atoms with Crippen LogP contribution in [-0.2, 0) is 13.5 Å². The van der Waals surface area contributed by atoms with Gasteiger partial charge in [-0.15, -0.1) is 0 Å². The van der Waals surface area contributed by atoms with Gasteiger partial charge in [-0.1, -0.05) is 6.92 Å². The standard InChI is InChI=1S/C11H21N3/c1-3-7-12-8-5-4-6-11-13-9-10-14(11)2/h9-10,12H,3-8H2,1-2H3. The Labute approximate surface area is 86.5 Å². The molecular formula is C11H21N3. The number of hydrogen-bond acceptors (Lipinski definition) is 2. The van der Waals surface area contributed by atoms with Gasteiger partial charge in [0.15, 0.2) is 0 Å². The van der Waals surface area contributed by atoms with Crippen molar-refractivity contribution in [1.82, 2.24) is 14.9 Å². The van der Waals surface area contributed by atoms with Crippen molar-refractivity contribution in [2.24, 2.45) is 7.05 Å². The predicted octanol–water partition coefficient (Wildman–Crippen LogP) is 1.74. The van der Waals surface area contributed by atoms with Crippen LogP contribution in [0.4, 0.5) is 0 Å². The maximum Gasteiger partial charge on any atom is 0.108 e. The molecule has 1 aromatic heterocycles. The van der Waals surface area contributed by atoms with Crippen LogP contribution in [0.2, 0.25) is 0 Å². The summed E-state index contributed by atoms with van der Waals surface area (Å²) < 4.78 is 2.10. The van der Waals surface area contributed by atoms with Gasteiger partial charge >= 0.3 is 0 Å². The number of nitrogens with zero attached hydrogens (tertiary/aromatic N) is 2. The third kappa shape index (κ3) is 3.92. The van der Waals surface area contributed by atoms with Crippen molar-refractivity contribution in [3.8, 4) is 0 Å². The van der Waals surface area contributed by atoms with E-state index in [1.807, 2.05) is 12.4 Å². The quantitative estimate of drug-likeness (QED) is 0.672. The molecule has 0 spiro atoms. The molecule has 0 radical (unpaired) electrons. The Hall–Kier alpha value is -0.830. The van der Waals surface area contributed by atoms with Gasteiger partial charge in [-0.3, -0.25) is 0 Å². The summed E-state index contributed by atoms with van der Waals surface area (Å²) in [4.78, 5) is 4.29. The normalized spacial score (nSPS) is 10.7. The molecular weight excluding hydrogens is 174 g/mol. The van der Waals surface area contributed by atoms with Crippen LogP contribution >= 0.6 is 0 Å². The van der Waals surface area contributed by atoms with Crippen LogP contribution in [0.25, 0.3) is 0 Å². The molecule has 0 aromatic carbocycles. The highest BCUT2D eigenvalue weighted by Gasteiger charge is 1.97. The lowest BCUT2D eigenvalue weighted by atomic mass is 10.2. The van der Waals surface area contributed by atoms with Crippen LogP contribution in [0.5, 0.6) is 0 Å². The van der Waals surface area contributed by atoms with Gasteiger partial charge in [0.05, 0.1) is 0 Å². The first-order chi connectivity index (χ1) is 6.84. The average molecular weight is 195 g/mol. The van der Waals surface area contributed by atoms with E-state index in [4.69, 9.17) is 0 Å². The van der Waals surface area contributed by atoms with E-state index in [2.05, 4.69) is 28.8 Å². The first-order valence-corrected chi connectivity index (χ1v) is 5.51. The van der Waals surface area contributed by atoms with Crippen molar-refractivity contribution in [2.45, 2.75) is 32.6 Å². The number of aryl methyl sites for hydroxylation is 2. The van der Waals surface area contributed by atoms with Crippen LogP contribution in [-0.4, -0.2) is 22.6 Å². The summed E-state index contributed by atoms with van der Waals surface area (Å²) >= 11 is 0. The Morgan fingerprint density at radius 3 is 2.86 bits per heavy atom. The van der Waals surface area contributed by atoms with E-state index in [0.717, 1.165) is 19.5 Å². The molecule has 0 atom stereocenters. The van der Waals surface area contributed by atoms with Crippen LogP contribution < -0.4 is 5.32 Å². The van der Waals surface area contributed by atoms with Crippen molar-refractivity contribution in [2.75, 3.05) is 13.1 Å². The SMILES string of the molecule is CCCNCCCCc1nccn1C. The van der Waals surface area contributed by atoms with Crippen molar-refractivity contribution >= 4 is 0 Å². The Kier molecular flexibility index (Phi) is 5.30. The van der Waals surface area contributed by atoms with Gasteiger partial charge in [0.25, 0.3) is 0 Å². The number of rotatable bonds is 7. The number of imidazole rings is 1. The molecule has 0 unspecified atom stereocenters. The molecule has 0 amide bonds. The van der Waals surface area contributed by atoms with Gasteiger partial charge < -0.3 is 9.88 Å². The second kappa shape index (κ2) is 6.60. The lowest BCUT2D eigenvalue weighted by molar-refractivity contribution is 0.604. The van der Waals surface area contributed by atoms with Crippen LogP contribution in [0.15, 0.2) is 12.4 Å². The number of unbranched alkanes of at least 4 members (excludes halogenated alkanes) is 1. The lowest BCUT2D eigenvalue weighted by Crippen LogP contribution is -2.16. The fraction of sp³-hybridized carbons (Fsp3) is 0.727. The van der Waals surface area contributed by atoms with E-state index in [9.17, 15) is 0 Å². The third-order valence-corrected chi connectivity index (χ3v) is 2.35. The maximum absolute atomic E-state index is 4.29. The summed E-state index contributed by atoms with van der Waals surface area (Å²) in [5.74, 6) is 1.19. The van der Waals surface area contributed by atoms with Gasteiger partial charge in [0, 0.05) is 25.9 Å². The number of hydrogen-bond donors (Lipinski definition) is 1. The molecule has 1 N–H and O–H groups in total. The Morgan fingerprint density at radius 2 is 2.21 bits per heavy atom. The van der Waals surface area contributed by atoms with Gasteiger partial charge in [0.1, 0.15) is 5.82 Å². The highest BCUT2D eigenvalue weighted by atomic mass is 15.0. The van der Waals surface area contributed by atoms with Crippen LogP contribution in [0.3, 0.4) is 0 Å². The summed E-state index contributed by atoms with van der Waals surface area (Å²) in [7, 11) is 2.05. The first kappa shape index (κ1) is 11.2. The van der Waals surface area contributed by atoms with Crippen molar-refractivity contribution in [1.29, 1.82) is 0 Å². The summed E-state index contributed by atoms with van der Waals surface area (Å²) in [5.41, 5.74) is 0. The Bertz CT molecular complexity index is 242. The molecule has 3 heteroatoms. The molecule has 0 fully saturated rings. The molecule has 0 aliphatic heterocycles. The summed E-state index contributed by atoms with van der Waals surface area (Å²) in [6.07, 6.45) is 8.65. The minimum atomic E-state index is 1.09. The molecule has 14 heavy (non-hydrogen) atoms. The van der Waals surface area contributed by atoms with Gasteiger partial charge in [-0.25, -0.2) is 4.98 Å². The molecule has 0 aliphatic rings. The van der Waals surface area contributed by atoms with E-state index in [1.165, 1.54) is 25.1 Å². The van der Waals surface area contributed by atoms with E-state index >= 15 is 0 Å². The Morgan fingerprint density at radius 1 is 1.36 bits per heavy atom. The maximum atomic E-state index is 4.29. The highest BCUT2D eigenvalue weighted by Crippen LogP contribution is 2.00. The third-order valence-electron chi connectivity index (χ3n) is 2.35. The zero-order valence-electron chi connectivity index (χ0n) is 9.29. The fourth-order valence-electron chi connectivity index (χ4n) is 1.47. The van der Waals surface area contributed by atoms with Gasteiger partial charge in [-0.2, -0.15) is 0 Å². The molecule has 0 aliphatic carbocycles. The van der Waals surface area contributed by atoms with Gasteiger partial charge in [0.2, 0.25) is 0 Å². The summed E-state index contributed by atoms with van der Waals surface area (Å²) in [6.45, 7) is 4.47. The molecule has 1 heterocycles. The lowest BCUT2D eigenvalue weighted by Gasteiger charge is -2.03. The number of nitrogens with one attached hydrogen (secondary N) is 1. The molecule has 1 aromatic rings. The van der Waals surface area contributed by atoms with Crippen LogP contribution in [0.1, 0.15) is 32.0 Å². The largest absolute Gasteiger partial charge is 0.338 e. The van der Waals surface area contributed by atoms with Crippen molar-refractivity contribution < 1.29 is 0 Å². The minimum absolute atomic E-state index is 1.09. The monoisotopic (exact) mass is 195 g/mol. The van der Waals surface area contributed by atoms with E-state index < -0.39 is 0 Å². The first-order valence-electron chi connectivity index (χ1n) is 5.51. The van der Waals surface area contributed by atoms with E-state index in [-0.39, 0.29) is 0 Å². The molecule has 3 nitrogen and oxygen atoms in total. The smallest absolute Gasteiger partial charge is 0.108 e. The van der Waals surface area contributed by atoms with Crippen molar-refractivity contribution in [3.63, 3.8) is 0 Å². The zero-order valence-corrected chi connectivity index (χ0v) is 9.29. The fourth-order valence-corrected chi connectivity index (χ4v) is 1.47. The second-order valence-electron chi connectivity index (χ2n) is 3.66. The van der Waals surface area contributed by atoms with Crippen LogP contribution in [0, 0.1) is 0 Å². The molecule has 0 saturated heterocycles. The molecule has 0 saturated carbocycles. The van der Waals surface area contributed by atoms with Crippen molar-refractivity contribution in [3.05, 3.63) is 18.2 Å². The molecule has 1 rings (SSSR count). The summed E-state index contributed by atoms with van der Waals surface area (Å²) in [5, 5.41) is 3.40. The van der Waals surface area contributed by atoms with E-state index in [0.29, 0.717) is 0 Å². The number of aromatic nitrogens is 2. The second-order valence-corrected chi connectivity index (χ2v) is 3.66. The minimum Gasteiger partial charge on any atom is -0.338 e. The predicted molar refractivity (Wildman–Crippen MR) is 59.3 cm³/mol. The molecule has 80 valence electrons. The average Bonchev–Trinajstić information content (AvgIpc) is 2.58. The summed E-state index contributed by atoms with van der Waals surface area (Å²) in [6, 6.07) is 0. The molecule has 0 bridgehead atoms. The zero-order chi connectivity index (χ0) is 10.2. The van der Waals surface area contributed by atoms with E-state index in [1.54, 1.807) is 0 Å². The highest BCUT2D eigenvalue weighted by molar-refractivity contribution is 4.90.